The van der Waals surface area contributed by atoms with E-state index in [4.69, 9.17) is 23.2 Å². The summed E-state index contributed by atoms with van der Waals surface area (Å²) in [5.41, 5.74) is 3.68. The van der Waals surface area contributed by atoms with Crippen molar-refractivity contribution in [2.45, 2.75) is 51.6 Å². The van der Waals surface area contributed by atoms with Crippen LogP contribution in [0.2, 0.25) is 10.0 Å². The van der Waals surface area contributed by atoms with Crippen LogP contribution in [0.25, 0.3) is 0 Å². The van der Waals surface area contributed by atoms with Gasteiger partial charge in [0.05, 0.1) is 6.42 Å². The Morgan fingerprint density at radius 3 is 2.35 bits per heavy atom. The van der Waals surface area contributed by atoms with E-state index in [1.807, 2.05) is 0 Å². The van der Waals surface area contributed by atoms with Gasteiger partial charge in [-0.15, -0.1) is 0 Å². The average Bonchev–Trinajstić information content (AvgIpc) is 2.39. The molecule has 0 saturated carbocycles. The molecule has 1 aliphatic rings. The third-order valence-corrected chi connectivity index (χ3v) is 4.55. The zero-order chi connectivity index (χ0) is 14.7. The summed E-state index contributed by atoms with van der Waals surface area (Å²) in [4.78, 5) is 12.2. The van der Waals surface area contributed by atoms with Gasteiger partial charge in [0.15, 0.2) is 0 Å². The maximum Gasteiger partial charge on any atom is 0.238 e. The Balaban J connectivity index is 2.02. The Bertz CT molecular complexity index is 463. The summed E-state index contributed by atoms with van der Waals surface area (Å²) in [6.07, 6.45) is 3.63. The fraction of sp³-hybridized carbons (Fsp3) is 0.533. The van der Waals surface area contributed by atoms with Crippen molar-refractivity contribution in [1.82, 2.24) is 10.4 Å². The van der Waals surface area contributed by atoms with Crippen molar-refractivity contribution in [1.29, 1.82) is 0 Å². The third-order valence-electron chi connectivity index (χ3n) is 3.85. The van der Waals surface area contributed by atoms with Crippen molar-refractivity contribution >= 4 is 29.1 Å². The van der Waals surface area contributed by atoms with E-state index in [1.54, 1.807) is 18.2 Å². The van der Waals surface area contributed by atoms with Gasteiger partial charge in [-0.3, -0.25) is 10.2 Å². The fourth-order valence-corrected chi connectivity index (χ4v) is 3.22. The Kier molecular flexibility index (Phi) is 5.30. The van der Waals surface area contributed by atoms with Gasteiger partial charge in [-0.2, -0.15) is 0 Å². The van der Waals surface area contributed by atoms with Gasteiger partial charge in [-0.05, 0) is 44.4 Å². The largest absolute Gasteiger partial charge is 0.288 e. The summed E-state index contributed by atoms with van der Waals surface area (Å²) in [6.45, 7) is 4.27. The van der Waals surface area contributed by atoms with Gasteiger partial charge in [-0.25, -0.2) is 5.01 Å². The second kappa shape index (κ2) is 6.79. The first-order valence-corrected chi connectivity index (χ1v) is 7.75. The Morgan fingerprint density at radius 1 is 1.25 bits per heavy atom. The molecule has 0 spiro atoms. The van der Waals surface area contributed by atoms with E-state index < -0.39 is 0 Å². The van der Waals surface area contributed by atoms with Crippen LogP contribution in [0.4, 0.5) is 0 Å². The molecule has 5 heteroatoms. The first-order chi connectivity index (χ1) is 9.49. The number of hydrogen-bond acceptors (Lipinski definition) is 2. The van der Waals surface area contributed by atoms with Gasteiger partial charge in [0.2, 0.25) is 5.91 Å². The number of halogens is 2. The molecule has 1 heterocycles. The molecule has 1 amide bonds. The smallest absolute Gasteiger partial charge is 0.238 e. The Hall–Kier alpha value is -0.770. The molecular weight excluding hydrogens is 295 g/mol. The van der Waals surface area contributed by atoms with Crippen molar-refractivity contribution < 1.29 is 4.79 Å². The Labute approximate surface area is 130 Å². The number of amides is 1. The summed E-state index contributed by atoms with van der Waals surface area (Å²) in [7, 11) is 0. The minimum Gasteiger partial charge on any atom is -0.288 e. The minimum atomic E-state index is -0.0689. The van der Waals surface area contributed by atoms with E-state index in [-0.39, 0.29) is 12.3 Å². The van der Waals surface area contributed by atoms with Crippen molar-refractivity contribution in [3.8, 4) is 0 Å². The molecule has 0 bridgehead atoms. The highest BCUT2D eigenvalue weighted by Gasteiger charge is 2.26. The van der Waals surface area contributed by atoms with E-state index in [2.05, 4.69) is 24.3 Å². The number of nitrogens with one attached hydrogen (secondary N) is 1. The van der Waals surface area contributed by atoms with E-state index in [1.165, 1.54) is 6.42 Å². The summed E-state index contributed by atoms with van der Waals surface area (Å²) >= 11 is 12.2. The molecule has 0 aliphatic carbocycles. The van der Waals surface area contributed by atoms with Crippen LogP contribution in [0.1, 0.15) is 38.7 Å². The molecule has 1 N–H and O–H groups in total. The van der Waals surface area contributed by atoms with E-state index >= 15 is 0 Å². The normalized spacial score (nSPS) is 23.6. The molecule has 1 aromatic carbocycles. The van der Waals surface area contributed by atoms with Gasteiger partial charge in [-0.1, -0.05) is 35.7 Å². The molecule has 1 aromatic rings. The van der Waals surface area contributed by atoms with Gasteiger partial charge in [0.25, 0.3) is 0 Å². The number of hydrazine groups is 1. The number of carbonyl (C=O) groups excluding carboxylic acids is 1. The maximum atomic E-state index is 12.2. The summed E-state index contributed by atoms with van der Waals surface area (Å²) < 4.78 is 0. The quantitative estimate of drug-likeness (QED) is 0.919. The monoisotopic (exact) mass is 314 g/mol. The maximum absolute atomic E-state index is 12.2. The van der Waals surface area contributed by atoms with Crippen molar-refractivity contribution in [2.75, 3.05) is 0 Å². The van der Waals surface area contributed by atoms with Crippen LogP contribution < -0.4 is 5.43 Å². The van der Waals surface area contributed by atoms with Crippen molar-refractivity contribution in [2.24, 2.45) is 0 Å². The number of piperidine rings is 1. The number of hydrogen-bond donors (Lipinski definition) is 1. The average molecular weight is 315 g/mol. The highest BCUT2D eigenvalue weighted by molar-refractivity contribution is 6.36. The summed E-state index contributed by atoms with van der Waals surface area (Å²) in [6, 6.07) is 6.01. The van der Waals surface area contributed by atoms with E-state index in [9.17, 15) is 4.79 Å². The molecule has 2 atom stereocenters. The molecule has 3 nitrogen and oxygen atoms in total. The van der Waals surface area contributed by atoms with Crippen LogP contribution in [0.15, 0.2) is 18.2 Å². The molecular formula is C15H20Cl2N2O. The van der Waals surface area contributed by atoms with Gasteiger partial charge >= 0.3 is 0 Å². The van der Waals surface area contributed by atoms with Crippen molar-refractivity contribution in [3.63, 3.8) is 0 Å². The highest BCUT2D eigenvalue weighted by Crippen LogP contribution is 2.25. The van der Waals surface area contributed by atoms with Crippen LogP contribution in [0, 0.1) is 0 Å². The number of nitrogens with zero attached hydrogens (tertiary/aromatic N) is 1. The zero-order valence-corrected chi connectivity index (χ0v) is 13.3. The third kappa shape index (κ3) is 3.66. The van der Waals surface area contributed by atoms with Gasteiger partial charge in [0.1, 0.15) is 0 Å². The highest BCUT2D eigenvalue weighted by atomic mass is 35.5. The zero-order valence-electron chi connectivity index (χ0n) is 11.8. The van der Waals surface area contributed by atoms with Gasteiger partial charge < -0.3 is 0 Å². The first-order valence-electron chi connectivity index (χ1n) is 6.99. The lowest BCUT2D eigenvalue weighted by atomic mass is 10.00. The predicted octanol–water partition coefficient (Wildman–Crippen LogP) is 3.83. The molecule has 1 saturated heterocycles. The van der Waals surface area contributed by atoms with Crippen LogP contribution in [-0.2, 0) is 11.2 Å². The summed E-state index contributed by atoms with van der Waals surface area (Å²) in [5.74, 6) is -0.0689. The number of carbonyl (C=O) groups is 1. The summed E-state index contributed by atoms with van der Waals surface area (Å²) in [5, 5.41) is 3.12. The van der Waals surface area contributed by atoms with Crippen LogP contribution >= 0.6 is 23.2 Å². The van der Waals surface area contributed by atoms with Crippen LogP contribution in [0.3, 0.4) is 0 Å². The molecule has 2 unspecified atom stereocenters. The molecule has 110 valence electrons. The topological polar surface area (TPSA) is 32.3 Å². The first kappa shape index (κ1) is 15.6. The number of rotatable bonds is 3. The van der Waals surface area contributed by atoms with E-state index in [0.717, 1.165) is 12.8 Å². The van der Waals surface area contributed by atoms with Crippen LogP contribution in [-0.4, -0.2) is 23.0 Å². The van der Waals surface area contributed by atoms with Crippen molar-refractivity contribution in [3.05, 3.63) is 33.8 Å². The Morgan fingerprint density at radius 2 is 1.80 bits per heavy atom. The fourth-order valence-electron chi connectivity index (χ4n) is 2.69. The predicted molar refractivity (Wildman–Crippen MR) is 82.9 cm³/mol. The second-order valence-electron chi connectivity index (χ2n) is 5.45. The lowest BCUT2D eigenvalue weighted by Gasteiger charge is -2.38. The minimum absolute atomic E-state index is 0.0689. The lowest BCUT2D eigenvalue weighted by Crippen LogP contribution is -2.54. The second-order valence-corrected chi connectivity index (χ2v) is 6.26. The molecule has 20 heavy (non-hydrogen) atoms. The van der Waals surface area contributed by atoms with E-state index in [0.29, 0.717) is 27.7 Å². The lowest BCUT2D eigenvalue weighted by molar-refractivity contribution is -0.128. The molecule has 1 fully saturated rings. The molecule has 0 radical (unpaired) electrons. The molecule has 1 aliphatic heterocycles. The molecule has 2 rings (SSSR count). The SMILES string of the molecule is CC1CCCC(C)N1NC(=O)Cc1c(Cl)cccc1Cl. The number of benzene rings is 1. The standard InChI is InChI=1S/C15H20Cl2N2O/c1-10-5-3-6-11(2)19(10)18-15(20)9-12-13(16)7-4-8-14(12)17/h4,7-8,10-11H,3,5-6,9H2,1-2H3,(H,18,20). The van der Waals surface area contributed by atoms with Crippen LogP contribution in [0.5, 0.6) is 0 Å². The van der Waals surface area contributed by atoms with Gasteiger partial charge in [0, 0.05) is 22.1 Å². The molecule has 0 aromatic heterocycles.